The topological polar surface area (TPSA) is 0 Å². The molecule has 0 nitrogen and oxygen atoms in total. The van der Waals surface area contributed by atoms with Crippen LogP contribution in [0.4, 0.5) is 0 Å². The molecule has 0 heterocycles. The maximum absolute atomic E-state index is 4.76. The van der Waals surface area contributed by atoms with Gasteiger partial charge in [0.25, 0.3) is 0 Å². The van der Waals surface area contributed by atoms with Gasteiger partial charge >= 0.3 is 0 Å². The number of fused-ring (bicyclic) bond motifs is 1. The van der Waals surface area contributed by atoms with Crippen LogP contribution in [0.25, 0.3) is 10.8 Å². The minimum absolute atomic E-state index is 1.22. The molecule has 0 amide bonds. The van der Waals surface area contributed by atoms with Crippen molar-refractivity contribution < 1.29 is 0 Å². The summed E-state index contributed by atoms with van der Waals surface area (Å²) >= 11 is 4.76. The van der Waals surface area contributed by atoms with Gasteiger partial charge in [0, 0.05) is 0 Å². The second-order valence-corrected chi connectivity index (χ2v) is 2.81. The van der Waals surface area contributed by atoms with Crippen LogP contribution in [0.2, 0.25) is 0 Å². The molecule has 13 heavy (non-hydrogen) atoms. The van der Waals surface area contributed by atoms with E-state index < -0.39 is 0 Å². The predicted molar refractivity (Wildman–Crippen MR) is 60.0 cm³/mol. The van der Waals surface area contributed by atoms with Crippen LogP contribution >= 0.6 is 11.6 Å². The zero-order chi connectivity index (χ0) is 9.52. The lowest BCUT2D eigenvalue weighted by Gasteiger charge is -1.92. The SMILES string of the molecule is C=CCl.c1ccc2ccccc2c1. The van der Waals surface area contributed by atoms with Gasteiger partial charge in [0.05, 0.1) is 0 Å². The van der Waals surface area contributed by atoms with Crippen LogP contribution in [0, 0.1) is 0 Å². The summed E-state index contributed by atoms with van der Waals surface area (Å²) in [5.41, 5.74) is 1.22. The Morgan fingerprint density at radius 2 is 1.08 bits per heavy atom. The Labute approximate surface area is 83.5 Å². The standard InChI is InChI=1S/C10H8.C2H3Cl/c1-2-6-10-8-4-3-7-9(10)5-1;1-2-3/h1-8H;2H,1H2. The molecule has 0 bridgehead atoms. The Kier molecular flexibility index (Phi) is 4.07. The van der Waals surface area contributed by atoms with Crippen molar-refractivity contribution in [2.45, 2.75) is 0 Å². The van der Waals surface area contributed by atoms with E-state index in [1.165, 1.54) is 16.3 Å². The number of halogens is 1. The highest BCUT2D eigenvalue weighted by Gasteiger charge is 1.85. The highest BCUT2D eigenvalue weighted by atomic mass is 35.5. The van der Waals surface area contributed by atoms with Gasteiger partial charge in [0.1, 0.15) is 0 Å². The average molecular weight is 191 g/mol. The highest BCUT2D eigenvalue weighted by molar-refractivity contribution is 6.25. The maximum Gasteiger partial charge on any atom is -0.00296 e. The van der Waals surface area contributed by atoms with Crippen LogP contribution in [0.1, 0.15) is 0 Å². The summed E-state index contributed by atoms with van der Waals surface area (Å²) in [5, 5.41) is 2.62. The first-order valence-corrected chi connectivity index (χ1v) is 4.47. The molecule has 0 aliphatic carbocycles. The fraction of sp³-hybridized carbons (Fsp3) is 0. The van der Waals surface area contributed by atoms with Crippen molar-refractivity contribution in [3.63, 3.8) is 0 Å². The summed E-state index contributed by atoms with van der Waals surface area (Å²) in [6.45, 7) is 3.13. The third kappa shape index (κ3) is 2.92. The van der Waals surface area contributed by atoms with Crippen molar-refractivity contribution in [2.24, 2.45) is 0 Å². The van der Waals surface area contributed by atoms with Gasteiger partial charge in [0.2, 0.25) is 0 Å². The Hall–Kier alpha value is -1.27. The molecule has 2 aromatic carbocycles. The summed E-state index contributed by atoms with van der Waals surface area (Å²) < 4.78 is 0. The Morgan fingerprint density at radius 1 is 0.846 bits per heavy atom. The molecule has 0 atom stereocenters. The van der Waals surface area contributed by atoms with E-state index in [4.69, 9.17) is 11.6 Å². The zero-order valence-corrected chi connectivity index (χ0v) is 8.04. The quantitative estimate of drug-likeness (QED) is 0.584. The maximum atomic E-state index is 4.76. The normalized spacial score (nSPS) is 8.69. The highest BCUT2D eigenvalue weighted by Crippen LogP contribution is 2.11. The average Bonchev–Trinajstić information content (AvgIpc) is 2.19. The van der Waals surface area contributed by atoms with Crippen molar-refractivity contribution in [1.29, 1.82) is 0 Å². The third-order valence-electron chi connectivity index (χ3n) is 1.66. The molecule has 66 valence electrons. The van der Waals surface area contributed by atoms with E-state index in [1.54, 1.807) is 0 Å². The summed E-state index contributed by atoms with van der Waals surface area (Å²) in [7, 11) is 0. The second-order valence-electron chi connectivity index (χ2n) is 2.50. The molecule has 0 radical (unpaired) electrons. The van der Waals surface area contributed by atoms with Gasteiger partial charge in [-0.3, -0.25) is 0 Å². The van der Waals surface area contributed by atoms with Gasteiger partial charge < -0.3 is 0 Å². The summed E-state index contributed by atoms with van der Waals surface area (Å²) in [6, 6.07) is 16.7. The van der Waals surface area contributed by atoms with Crippen molar-refractivity contribution in [3.8, 4) is 0 Å². The van der Waals surface area contributed by atoms with E-state index in [1.807, 2.05) is 0 Å². The molecule has 0 spiro atoms. The van der Waals surface area contributed by atoms with Crippen LogP contribution in [-0.2, 0) is 0 Å². The first kappa shape index (κ1) is 9.82. The second kappa shape index (κ2) is 5.39. The van der Waals surface area contributed by atoms with E-state index in [0.29, 0.717) is 0 Å². The molecule has 1 heteroatoms. The molecule has 2 rings (SSSR count). The van der Waals surface area contributed by atoms with Crippen molar-refractivity contribution in [1.82, 2.24) is 0 Å². The molecule has 2 aromatic rings. The molecule has 0 unspecified atom stereocenters. The minimum atomic E-state index is 1.22. The first-order chi connectivity index (χ1) is 6.38. The smallest absolute Gasteiger partial charge is 0.00296 e. The summed E-state index contributed by atoms with van der Waals surface area (Å²) in [5.74, 6) is 0. The molecule has 0 saturated carbocycles. The molecule has 0 aliphatic heterocycles. The van der Waals surface area contributed by atoms with Crippen molar-refractivity contribution >= 4 is 22.4 Å². The third-order valence-corrected chi connectivity index (χ3v) is 1.66. The first-order valence-electron chi connectivity index (χ1n) is 4.03. The van der Waals surface area contributed by atoms with E-state index in [9.17, 15) is 0 Å². The molecular formula is C12H11Cl. The van der Waals surface area contributed by atoms with E-state index in [2.05, 4.69) is 55.1 Å². The number of rotatable bonds is 0. The van der Waals surface area contributed by atoms with Gasteiger partial charge in [0.15, 0.2) is 0 Å². The van der Waals surface area contributed by atoms with Crippen LogP contribution in [0.3, 0.4) is 0 Å². The van der Waals surface area contributed by atoms with E-state index >= 15 is 0 Å². The molecule has 0 aromatic heterocycles. The Balaban J connectivity index is 0.000000251. The van der Waals surface area contributed by atoms with Crippen molar-refractivity contribution in [2.75, 3.05) is 0 Å². The van der Waals surface area contributed by atoms with Gasteiger partial charge in [-0.15, -0.1) is 0 Å². The molecule has 0 saturated heterocycles. The lowest BCUT2D eigenvalue weighted by atomic mass is 10.1. The number of hydrogen-bond acceptors (Lipinski definition) is 0. The molecular weight excluding hydrogens is 180 g/mol. The lowest BCUT2D eigenvalue weighted by Crippen LogP contribution is -1.67. The minimum Gasteiger partial charge on any atom is -0.0936 e. The fourth-order valence-corrected chi connectivity index (χ4v) is 1.13. The predicted octanol–water partition coefficient (Wildman–Crippen LogP) is 4.21. The van der Waals surface area contributed by atoms with Gasteiger partial charge in [-0.1, -0.05) is 66.7 Å². The lowest BCUT2D eigenvalue weighted by molar-refractivity contribution is 1.75. The van der Waals surface area contributed by atoms with Crippen molar-refractivity contribution in [3.05, 3.63) is 60.6 Å². The van der Waals surface area contributed by atoms with Crippen LogP contribution < -0.4 is 0 Å². The largest absolute Gasteiger partial charge is 0.0936 e. The molecule has 0 fully saturated rings. The van der Waals surface area contributed by atoms with Gasteiger partial charge in [-0.2, -0.15) is 0 Å². The Bertz CT molecular complexity index is 314. The van der Waals surface area contributed by atoms with Crippen LogP contribution in [0.15, 0.2) is 60.6 Å². The zero-order valence-electron chi connectivity index (χ0n) is 7.28. The van der Waals surface area contributed by atoms with Crippen LogP contribution in [0.5, 0.6) is 0 Å². The summed E-state index contributed by atoms with van der Waals surface area (Å²) in [4.78, 5) is 0. The van der Waals surface area contributed by atoms with Gasteiger partial charge in [-0.25, -0.2) is 0 Å². The fourth-order valence-electron chi connectivity index (χ4n) is 1.13. The Morgan fingerprint density at radius 3 is 1.31 bits per heavy atom. The summed E-state index contributed by atoms with van der Waals surface area (Å²) in [6.07, 6.45) is 0. The monoisotopic (exact) mass is 190 g/mol. The molecule has 0 aliphatic rings. The van der Waals surface area contributed by atoms with E-state index in [0.717, 1.165) is 0 Å². The van der Waals surface area contributed by atoms with Gasteiger partial charge in [-0.05, 0) is 16.3 Å². The van der Waals surface area contributed by atoms with E-state index in [-0.39, 0.29) is 0 Å². The van der Waals surface area contributed by atoms with Crippen LogP contribution in [-0.4, -0.2) is 0 Å². The number of hydrogen-bond donors (Lipinski definition) is 0. The number of benzene rings is 2. The molecule has 0 N–H and O–H groups in total.